The molecule has 3 heteroatoms. The predicted molar refractivity (Wildman–Crippen MR) is 128 cm³/mol. The highest BCUT2D eigenvalue weighted by molar-refractivity contribution is 5.35. The maximum absolute atomic E-state index is 15.2. The zero-order chi connectivity index (χ0) is 22.5. The third kappa shape index (κ3) is 5.86. The van der Waals surface area contributed by atoms with Gasteiger partial charge >= 0.3 is 0 Å². The number of hydrogen-bond donors (Lipinski definition) is 1. The van der Waals surface area contributed by atoms with E-state index in [1.807, 2.05) is 0 Å². The Hall–Kier alpha value is -0.700. The molecule has 0 aromatic rings. The van der Waals surface area contributed by atoms with Crippen molar-refractivity contribution < 1.29 is 13.9 Å². The minimum absolute atomic E-state index is 0.0961. The molecule has 0 amide bonds. The van der Waals surface area contributed by atoms with Crippen LogP contribution in [0, 0.1) is 35.5 Å². The van der Waals surface area contributed by atoms with Crippen molar-refractivity contribution in [2.75, 3.05) is 0 Å². The van der Waals surface area contributed by atoms with E-state index < -0.39 is 11.7 Å². The first-order chi connectivity index (χ1) is 15.6. The Bertz CT molecular complexity index is 644. The van der Waals surface area contributed by atoms with Crippen molar-refractivity contribution in [3.63, 3.8) is 0 Å². The van der Waals surface area contributed by atoms with Crippen LogP contribution in [0.25, 0.3) is 0 Å². The Kier molecular flexibility index (Phi) is 8.87. The Morgan fingerprint density at radius 2 is 1.38 bits per heavy atom. The lowest BCUT2D eigenvalue weighted by atomic mass is 9.67. The minimum Gasteiger partial charge on any atom is -0.393 e. The summed E-state index contributed by atoms with van der Waals surface area (Å²) in [5, 5.41) is 9.77. The van der Waals surface area contributed by atoms with Crippen LogP contribution in [0.5, 0.6) is 0 Å². The van der Waals surface area contributed by atoms with Crippen LogP contribution in [0.1, 0.15) is 116 Å². The van der Waals surface area contributed by atoms with Gasteiger partial charge < -0.3 is 5.11 Å². The van der Waals surface area contributed by atoms with E-state index in [0.717, 1.165) is 82.0 Å². The number of hydrogen-bond acceptors (Lipinski definition) is 1. The zero-order valence-corrected chi connectivity index (χ0v) is 20.3. The smallest absolute Gasteiger partial charge is 0.158 e. The molecule has 0 aromatic heterocycles. The topological polar surface area (TPSA) is 20.2 Å². The maximum atomic E-state index is 15.2. The van der Waals surface area contributed by atoms with E-state index in [9.17, 15) is 5.11 Å². The highest BCUT2D eigenvalue weighted by Gasteiger charge is 2.37. The predicted octanol–water partition coefficient (Wildman–Crippen LogP) is 8.83. The first-order valence-corrected chi connectivity index (χ1v) is 14.0. The number of aliphatic hydroxyl groups is 1. The highest BCUT2D eigenvalue weighted by Crippen LogP contribution is 2.48. The zero-order valence-electron chi connectivity index (χ0n) is 20.3. The molecular formula is C29H46F2O. The van der Waals surface area contributed by atoms with Gasteiger partial charge in [-0.15, -0.1) is 0 Å². The summed E-state index contributed by atoms with van der Waals surface area (Å²) < 4.78 is 30.4. The van der Waals surface area contributed by atoms with Gasteiger partial charge in [-0.3, -0.25) is 0 Å². The van der Waals surface area contributed by atoms with Crippen LogP contribution in [-0.4, -0.2) is 11.2 Å². The number of unbranched alkanes of at least 4 members (excludes halogenated alkanes) is 2. The molecule has 0 aromatic carbocycles. The molecule has 0 heterocycles. The fourth-order valence-electron chi connectivity index (χ4n) is 7.53. The van der Waals surface area contributed by atoms with Gasteiger partial charge in [0, 0.05) is 5.92 Å². The molecule has 0 saturated heterocycles. The summed E-state index contributed by atoms with van der Waals surface area (Å²) >= 11 is 0. The lowest BCUT2D eigenvalue weighted by molar-refractivity contribution is 0.0787. The molecule has 4 aliphatic carbocycles. The van der Waals surface area contributed by atoms with Crippen molar-refractivity contribution in [2.24, 2.45) is 35.5 Å². The van der Waals surface area contributed by atoms with E-state index in [-0.39, 0.29) is 17.9 Å². The van der Waals surface area contributed by atoms with Crippen molar-refractivity contribution in [1.82, 2.24) is 0 Å². The van der Waals surface area contributed by atoms with Crippen molar-refractivity contribution in [2.45, 2.75) is 122 Å². The summed E-state index contributed by atoms with van der Waals surface area (Å²) in [5.74, 6) is 1.70. The molecule has 182 valence electrons. The van der Waals surface area contributed by atoms with Gasteiger partial charge in [0.25, 0.3) is 0 Å². The SMILES string of the molecule is CCCCCC1CCC(C2CC=C(C3CCC(C4CCC(O)CC4)CC3)C(F)=C2F)CC1. The quantitative estimate of drug-likeness (QED) is 0.386. The van der Waals surface area contributed by atoms with Crippen LogP contribution in [0.15, 0.2) is 23.3 Å². The van der Waals surface area contributed by atoms with Crippen molar-refractivity contribution >= 4 is 0 Å². The summed E-state index contributed by atoms with van der Waals surface area (Å²) in [5.41, 5.74) is 0.699. The molecule has 0 spiro atoms. The number of halogens is 2. The van der Waals surface area contributed by atoms with E-state index >= 15 is 8.78 Å². The Morgan fingerprint density at radius 1 is 0.781 bits per heavy atom. The summed E-state index contributed by atoms with van der Waals surface area (Å²) in [4.78, 5) is 0. The van der Waals surface area contributed by atoms with E-state index in [4.69, 9.17) is 0 Å². The molecule has 3 saturated carbocycles. The van der Waals surface area contributed by atoms with Gasteiger partial charge in [-0.1, -0.05) is 51.5 Å². The van der Waals surface area contributed by atoms with Crippen molar-refractivity contribution in [3.8, 4) is 0 Å². The van der Waals surface area contributed by atoms with Gasteiger partial charge in [0.15, 0.2) is 5.83 Å². The second-order valence-electron chi connectivity index (χ2n) is 11.6. The lowest BCUT2D eigenvalue weighted by Gasteiger charge is -2.38. The Morgan fingerprint density at radius 3 is 2.00 bits per heavy atom. The van der Waals surface area contributed by atoms with E-state index in [2.05, 4.69) is 13.0 Å². The fourth-order valence-corrected chi connectivity index (χ4v) is 7.53. The van der Waals surface area contributed by atoms with Crippen molar-refractivity contribution in [1.29, 1.82) is 0 Å². The van der Waals surface area contributed by atoms with E-state index in [1.165, 1.54) is 38.5 Å². The number of rotatable bonds is 7. The van der Waals surface area contributed by atoms with Crippen LogP contribution < -0.4 is 0 Å². The normalized spacial score (nSPS) is 39.1. The monoisotopic (exact) mass is 448 g/mol. The van der Waals surface area contributed by atoms with Crippen LogP contribution in [0.4, 0.5) is 8.78 Å². The third-order valence-corrected chi connectivity index (χ3v) is 9.68. The minimum atomic E-state index is -0.490. The highest BCUT2D eigenvalue weighted by atomic mass is 19.2. The van der Waals surface area contributed by atoms with Crippen LogP contribution in [0.3, 0.4) is 0 Å². The molecule has 4 aliphatic rings. The molecular weight excluding hydrogens is 402 g/mol. The second-order valence-corrected chi connectivity index (χ2v) is 11.6. The lowest BCUT2D eigenvalue weighted by Crippen LogP contribution is -2.29. The standard InChI is InChI=1S/C29H46F2O/c1-2-3-4-5-20-6-8-23(9-7-20)26-18-19-27(29(31)28(26)30)24-12-10-21(11-13-24)22-14-16-25(32)17-15-22/h19-26,32H,2-18H2,1H3. The molecule has 32 heavy (non-hydrogen) atoms. The largest absolute Gasteiger partial charge is 0.393 e. The molecule has 4 rings (SSSR count). The average Bonchev–Trinajstić information content (AvgIpc) is 2.82. The molecule has 1 atom stereocenters. The van der Waals surface area contributed by atoms with Crippen LogP contribution in [-0.2, 0) is 0 Å². The maximum Gasteiger partial charge on any atom is 0.158 e. The number of aliphatic hydroxyl groups excluding tert-OH is 1. The van der Waals surface area contributed by atoms with Gasteiger partial charge in [-0.05, 0) is 106 Å². The molecule has 3 fully saturated rings. The van der Waals surface area contributed by atoms with Gasteiger partial charge in [-0.25, -0.2) is 8.78 Å². The molecule has 0 bridgehead atoms. The molecule has 1 N–H and O–H groups in total. The van der Waals surface area contributed by atoms with Gasteiger partial charge in [-0.2, -0.15) is 0 Å². The first-order valence-electron chi connectivity index (χ1n) is 14.0. The summed E-state index contributed by atoms with van der Waals surface area (Å²) in [6, 6.07) is 0. The van der Waals surface area contributed by atoms with Crippen molar-refractivity contribution in [3.05, 3.63) is 23.3 Å². The van der Waals surface area contributed by atoms with Crippen LogP contribution >= 0.6 is 0 Å². The number of allylic oxidation sites excluding steroid dienone is 4. The summed E-state index contributed by atoms with van der Waals surface area (Å²) in [7, 11) is 0. The first kappa shape index (κ1) is 24.4. The van der Waals surface area contributed by atoms with Gasteiger partial charge in [0.2, 0.25) is 0 Å². The second kappa shape index (κ2) is 11.6. The molecule has 0 radical (unpaired) electrons. The Labute approximate surface area is 195 Å². The molecule has 0 aliphatic heterocycles. The van der Waals surface area contributed by atoms with E-state index in [1.54, 1.807) is 0 Å². The van der Waals surface area contributed by atoms with Crippen LogP contribution in [0.2, 0.25) is 0 Å². The van der Waals surface area contributed by atoms with Gasteiger partial charge in [0.05, 0.1) is 6.10 Å². The average molecular weight is 449 g/mol. The van der Waals surface area contributed by atoms with Gasteiger partial charge in [0.1, 0.15) is 5.83 Å². The van der Waals surface area contributed by atoms with E-state index in [0.29, 0.717) is 17.9 Å². The molecule has 1 nitrogen and oxygen atoms in total. The molecule has 1 unspecified atom stereocenters. The summed E-state index contributed by atoms with van der Waals surface area (Å²) in [6.45, 7) is 2.25. The Balaban J connectivity index is 1.26. The fraction of sp³-hybridized carbons (Fsp3) is 0.862. The summed E-state index contributed by atoms with van der Waals surface area (Å²) in [6.07, 6.45) is 21.0. The third-order valence-electron chi connectivity index (χ3n) is 9.68.